The van der Waals surface area contributed by atoms with Crippen molar-refractivity contribution in [3.05, 3.63) is 122 Å². The number of aliphatic carboxylic acids is 1. The van der Waals surface area contributed by atoms with Crippen LogP contribution in [0.25, 0.3) is 74.7 Å². The first kappa shape index (κ1) is 29.9. The van der Waals surface area contributed by atoms with Gasteiger partial charge in [0.15, 0.2) is 0 Å². The van der Waals surface area contributed by atoms with Crippen molar-refractivity contribution in [2.24, 2.45) is 0 Å². The number of hydrogen-bond donors (Lipinski definition) is 3. The van der Waals surface area contributed by atoms with E-state index in [1.54, 1.807) is 6.08 Å². The van der Waals surface area contributed by atoms with Gasteiger partial charge >= 0.3 is 5.97 Å². The highest BCUT2D eigenvalue weighted by molar-refractivity contribution is 5.97. The van der Waals surface area contributed by atoms with Gasteiger partial charge < -0.3 is 15.1 Å². The second kappa shape index (κ2) is 11.6. The lowest BCUT2D eigenvalue weighted by Crippen LogP contribution is -1.94. The molecule has 2 aliphatic heterocycles. The Bertz CT molecular complexity index is 2300. The van der Waals surface area contributed by atoms with Crippen LogP contribution in [-0.2, 0) is 4.79 Å². The molecule has 0 radical (unpaired) electrons. The van der Waals surface area contributed by atoms with Gasteiger partial charge in [-0.25, -0.2) is 14.8 Å². The maximum Gasteiger partial charge on any atom is 0.328 e. The Morgan fingerprint density at radius 1 is 0.596 bits per heavy atom. The molecule has 5 heterocycles. The summed E-state index contributed by atoms with van der Waals surface area (Å²) in [5.74, 6) is -1.02. The average Bonchev–Trinajstić information content (AvgIpc) is 3.81. The average molecular weight is 617 g/mol. The Hall–Kier alpha value is -5.75. The van der Waals surface area contributed by atoms with E-state index in [2.05, 4.69) is 100 Å². The first-order valence-corrected chi connectivity index (χ1v) is 15.8. The number of rotatable bonds is 4. The van der Waals surface area contributed by atoms with E-state index >= 15 is 0 Å². The van der Waals surface area contributed by atoms with E-state index in [-0.39, 0.29) is 0 Å². The molecule has 0 amide bonds. The second-order valence-electron chi connectivity index (χ2n) is 12.6. The van der Waals surface area contributed by atoms with Crippen LogP contribution in [0.15, 0.2) is 60.7 Å². The molecule has 8 bridgehead atoms. The van der Waals surface area contributed by atoms with Crippen molar-refractivity contribution >= 4 is 58.4 Å². The highest BCUT2D eigenvalue weighted by atomic mass is 16.4. The van der Waals surface area contributed by atoms with Crippen LogP contribution in [0, 0.1) is 41.5 Å². The van der Waals surface area contributed by atoms with Crippen molar-refractivity contribution < 1.29 is 9.90 Å². The lowest BCUT2D eigenvalue weighted by Gasteiger charge is -2.13. The van der Waals surface area contributed by atoms with Gasteiger partial charge in [-0.1, -0.05) is 35.4 Å². The van der Waals surface area contributed by atoms with Crippen molar-refractivity contribution in [2.75, 3.05) is 0 Å². The lowest BCUT2D eigenvalue weighted by atomic mass is 9.92. The molecular formula is C41H36N4O2. The second-order valence-corrected chi connectivity index (χ2v) is 12.6. The molecule has 5 aromatic rings. The summed E-state index contributed by atoms with van der Waals surface area (Å²) in [7, 11) is 0. The molecule has 0 fully saturated rings. The number of aromatic nitrogens is 4. The van der Waals surface area contributed by atoms with Crippen LogP contribution in [-0.4, -0.2) is 31.0 Å². The van der Waals surface area contributed by atoms with E-state index in [1.807, 2.05) is 30.4 Å². The van der Waals surface area contributed by atoms with Gasteiger partial charge in [0.1, 0.15) is 0 Å². The standard InChI is InChI=1S/C41H36N4O2/c1-22-17-24(3)38(25(4)18-22)40-33-10-7-28(42-33)21-29-8-11-34(43-29)41(39-26(5)19-23(2)20-27(39)6)36-15-13-32(45-36)30(9-16-37(46)47)31-12-14-35(40)44-31/h7-21,42,45H,1-6H3,(H,46,47)/b16-9+,28-21?,29-21?,31-30?,32-30?,40-33?,40-35?,41-34?,41-36?. The summed E-state index contributed by atoms with van der Waals surface area (Å²) in [5.41, 5.74) is 18.7. The maximum absolute atomic E-state index is 11.8. The molecule has 2 aliphatic rings. The van der Waals surface area contributed by atoms with Crippen molar-refractivity contribution in [1.29, 1.82) is 0 Å². The smallest absolute Gasteiger partial charge is 0.328 e. The molecule has 47 heavy (non-hydrogen) atoms. The molecule has 6 nitrogen and oxygen atoms in total. The third-order valence-electron chi connectivity index (χ3n) is 8.86. The number of hydrogen-bond acceptors (Lipinski definition) is 3. The Morgan fingerprint density at radius 3 is 1.72 bits per heavy atom. The van der Waals surface area contributed by atoms with Crippen LogP contribution in [0.4, 0.5) is 0 Å². The molecule has 0 unspecified atom stereocenters. The predicted octanol–water partition coefficient (Wildman–Crippen LogP) is 9.94. The third-order valence-corrected chi connectivity index (χ3v) is 8.86. The number of carbonyl (C=O) groups is 1. The number of carboxylic acid groups (broad SMARTS) is 1. The number of nitrogens with one attached hydrogen (secondary N) is 2. The number of nitrogens with zero attached hydrogens (tertiary/aromatic N) is 2. The fourth-order valence-electron chi connectivity index (χ4n) is 7.17. The number of fused-ring (bicyclic) bond motifs is 8. The topological polar surface area (TPSA) is 94.7 Å². The summed E-state index contributed by atoms with van der Waals surface area (Å²) in [6.45, 7) is 12.8. The van der Waals surface area contributed by atoms with Crippen LogP contribution in [0.1, 0.15) is 61.7 Å². The first-order chi connectivity index (χ1) is 22.5. The molecule has 0 saturated carbocycles. The molecule has 7 rings (SSSR count). The summed E-state index contributed by atoms with van der Waals surface area (Å²) in [5, 5.41) is 9.63. The normalized spacial score (nSPS) is 12.4. The molecule has 3 aromatic heterocycles. The van der Waals surface area contributed by atoms with Crippen molar-refractivity contribution in [1.82, 2.24) is 19.9 Å². The zero-order valence-electron chi connectivity index (χ0n) is 27.4. The predicted molar refractivity (Wildman–Crippen MR) is 195 cm³/mol. The van der Waals surface area contributed by atoms with Gasteiger partial charge in [0.25, 0.3) is 0 Å². The summed E-state index contributed by atoms with van der Waals surface area (Å²) in [6, 6.07) is 19.1. The Balaban J connectivity index is 1.66. The van der Waals surface area contributed by atoms with E-state index in [1.165, 1.54) is 17.2 Å². The SMILES string of the molecule is Cc1cc(C)c(-c2c3nc(c(/C=C/C(=O)O)c4ccc([nH]4)c(-c4c(C)cc(C)cc4C)c4nc(cc5ccc2[nH]5)C=C4)C=C3)c(C)c1. The number of aryl methyl sites for hydroxylation is 6. The van der Waals surface area contributed by atoms with Crippen molar-refractivity contribution in [3.8, 4) is 22.3 Å². The van der Waals surface area contributed by atoms with E-state index in [9.17, 15) is 9.90 Å². The molecule has 232 valence electrons. The van der Waals surface area contributed by atoms with Gasteiger partial charge in [0.05, 0.1) is 22.8 Å². The Morgan fingerprint density at radius 2 is 1.11 bits per heavy atom. The van der Waals surface area contributed by atoms with Gasteiger partial charge in [0.2, 0.25) is 0 Å². The fraction of sp³-hybridized carbons (Fsp3) is 0.146. The highest BCUT2D eigenvalue weighted by Crippen LogP contribution is 2.38. The van der Waals surface area contributed by atoms with E-state index in [0.29, 0.717) is 11.3 Å². The molecule has 0 spiro atoms. The van der Waals surface area contributed by atoms with Gasteiger partial charge in [-0.15, -0.1) is 0 Å². The molecular weight excluding hydrogens is 580 g/mol. The van der Waals surface area contributed by atoms with Gasteiger partial charge in [-0.3, -0.25) is 0 Å². The van der Waals surface area contributed by atoms with Gasteiger partial charge in [-0.05, 0) is 136 Å². The minimum atomic E-state index is -1.02. The molecule has 0 aliphatic carbocycles. The summed E-state index contributed by atoms with van der Waals surface area (Å²) >= 11 is 0. The summed E-state index contributed by atoms with van der Waals surface area (Å²) in [6.07, 6.45) is 10.9. The largest absolute Gasteiger partial charge is 0.478 e. The number of benzene rings is 2. The molecule has 6 heteroatoms. The molecule has 0 atom stereocenters. The Kier molecular flexibility index (Phi) is 7.36. The zero-order chi connectivity index (χ0) is 33.0. The van der Waals surface area contributed by atoms with E-state index < -0.39 is 5.97 Å². The van der Waals surface area contributed by atoms with Crippen molar-refractivity contribution in [3.63, 3.8) is 0 Å². The number of carboxylic acids is 1. The van der Waals surface area contributed by atoms with Crippen LogP contribution in [0.5, 0.6) is 0 Å². The molecule has 0 saturated heterocycles. The van der Waals surface area contributed by atoms with Crippen LogP contribution in [0.3, 0.4) is 0 Å². The van der Waals surface area contributed by atoms with Crippen LogP contribution >= 0.6 is 0 Å². The van der Waals surface area contributed by atoms with Crippen LogP contribution in [0.2, 0.25) is 0 Å². The van der Waals surface area contributed by atoms with E-state index in [4.69, 9.17) is 9.97 Å². The monoisotopic (exact) mass is 616 g/mol. The highest BCUT2D eigenvalue weighted by Gasteiger charge is 2.19. The third kappa shape index (κ3) is 5.52. The van der Waals surface area contributed by atoms with Crippen molar-refractivity contribution in [2.45, 2.75) is 41.5 Å². The number of aromatic amines is 2. The maximum atomic E-state index is 11.8. The minimum absolute atomic E-state index is 0.675. The van der Waals surface area contributed by atoms with Gasteiger partial charge in [-0.2, -0.15) is 0 Å². The summed E-state index contributed by atoms with van der Waals surface area (Å²) in [4.78, 5) is 29.3. The molecule has 2 aromatic carbocycles. The summed E-state index contributed by atoms with van der Waals surface area (Å²) < 4.78 is 0. The zero-order valence-corrected chi connectivity index (χ0v) is 27.4. The number of H-pyrrole nitrogens is 2. The van der Waals surface area contributed by atoms with Gasteiger partial charge in [0, 0.05) is 44.8 Å². The van der Waals surface area contributed by atoms with E-state index in [0.717, 1.165) is 83.7 Å². The fourth-order valence-corrected chi connectivity index (χ4v) is 7.17. The Labute approximate surface area is 273 Å². The first-order valence-electron chi connectivity index (χ1n) is 15.8. The quantitative estimate of drug-likeness (QED) is 0.172. The lowest BCUT2D eigenvalue weighted by molar-refractivity contribution is -0.131. The van der Waals surface area contributed by atoms with Crippen LogP contribution < -0.4 is 0 Å². The minimum Gasteiger partial charge on any atom is -0.478 e. The molecule has 3 N–H and O–H groups in total.